The van der Waals surface area contributed by atoms with Gasteiger partial charge in [-0.25, -0.2) is 14.4 Å². The number of nitrogens with zero attached hydrogens (tertiary/aromatic N) is 2. The van der Waals surface area contributed by atoms with E-state index >= 15 is 0 Å². The zero-order chi connectivity index (χ0) is 14.7. The predicted octanol–water partition coefficient (Wildman–Crippen LogP) is 4.24. The first-order valence-corrected chi connectivity index (χ1v) is 7.02. The highest BCUT2D eigenvalue weighted by Crippen LogP contribution is 2.27. The summed E-state index contributed by atoms with van der Waals surface area (Å²) >= 11 is 5.82. The molecule has 1 heterocycles. The lowest BCUT2D eigenvalue weighted by molar-refractivity contribution is 0.630. The minimum Gasteiger partial charge on any atom is -0.370 e. The second-order valence-corrected chi connectivity index (χ2v) is 4.85. The van der Waals surface area contributed by atoms with Crippen LogP contribution in [0.5, 0.6) is 0 Å². The number of nitrogens with one attached hydrogen (secondary N) is 1. The van der Waals surface area contributed by atoms with Crippen molar-refractivity contribution in [1.29, 1.82) is 0 Å². The molecule has 0 aliphatic rings. The molecule has 106 valence electrons. The predicted molar refractivity (Wildman–Crippen MR) is 80.7 cm³/mol. The van der Waals surface area contributed by atoms with E-state index in [0.29, 0.717) is 11.4 Å². The average molecular weight is 294 g/mol. The molecule has 0 saturated heterocycles. The highest BCUT2D eigenvalue weighted by atomic mass is 35.5. The Morgan fingerprint density at radius 2 is 2.00 bits per heavy atom. The van der Waals surface area contributed by atoms with Crippen LogP contribution < -0.4 is 5.32 Å². The molecule has 20 heavy (non-hydrogen) atoms. The van der Waals surface area contributed by atoms with Gasteiger partial charge in [0.2, 0.25) is 0 Å². The van der Waals surface area contributed by atoms with E-state index in [4.69, 9.17) is 11.6 Å². The van der Waals surface area contributed by atoms with Crippen LogP contribution in [-0.2, 0) is 6.42 Å². The Morgan fingerprint density at radius 3 is 2.65 bits per heavy atom. The molecular formula is C15H17ClFN3. The number of hydrogen-bond acceptors (Lipinski definition) is 3. The van der Waals surface area contributed by atoms with E-state index in [2.05, 4.69) is 15.3 Å². The lowest BCUT2D eigenvalue weighted by atomic mass is 10.1. The highest BCUT2D eigenvalue weighted by molar-refractivity contribution is 6.31. The van der Waals surface area contributed by atoms with E-state index in [1.807, 2.05) is 20.8 Å². The molecule has 2 aromatic rings. The molecule has 0 spiro atoms. The van der Waals surface area contributed by atoms with Crippen molar-refractivity contribution in [3.05, 3.63) is 40.3 Å². The van der Waals surface area contributed by atoms with Gasteiger partial charge in [0, 0.05) is 17.8 Å². The molecule has 0 aliphatic carbocycles. The lowest BCUT2D eigenvalue weighted by Gasteiger charge is -2.13. The lowest BCUT2D eigenvalue weighted by Crippen LogP contribution is -2.08. The van der Waals surface area contributed by atoms with Gasteiger partial charge in [0.1, 0.15) is 5.82 Å². The van der Waals surface area contributed by atoms with Gasteiger partial charge in [0.25, 0.3) is 0 Å². The number of benzene rings is 1. The number of aromatic nitrogens is 2. The SMILES string of the molecule is CCNc1nc(-c2cccc(Cl)c2F)nc(C)c1CC. The zero-order valence-corrected chi connectivity index (χ0v) is 12.6. The number of anilines is 1. The molecule has 2 rings (SSSR count). The van der Waals surface area contributed by atoms with Crippen molar-refractivity contribution in [3.63, 3.8) is 0 Å². The van der Waals surface area contributed by atoms with Gasteiger partial charge in [-0.2, -0.15) is 0 Å². The van der Waals surface area contributed by atoms with Gasteiger partial charge in [-0.05, 0) is 32.4 Å². The molecule has 0 atom stereocenters. The summed E-state index contributed by atoms with van der Waals surface area (Å²) in [7, 11) is 0. The van der Waals surface area contributed by atoms with Crippen LogP contribution in [0.25, 0.3) is 11.4 Å². The Balaban J connectivity index is 2.60. The fourth-order valence-corrected chi connectivity index (χ4v) is 2.30. The van der Waals surface area contributed by atoms with Gasteiger partial charge in [-0.3, -0.25) is 0 Å². The van der Waals surface area contributed by atoms with Gasteiger partial charge in [-0.1, -0.05) is 24.6 Å². The summed E-state index contributed by atoms with van der Waals surface area (Å²) < 4.78 is 14.1. The van der Waals surface area contributed by atoms with Crippen LogP contribution in [0, 0.1) is 12.7 Å². The Labute approximate surface area is 123 Å². The maximum Gasteiger partial charge on any atom is 0.164 e. The molecule has 0 aliphatic heterocycles. The summed E-state index contributed by atoms with van der Waals surface area (Å²) in [4.78, 5) is 8.85. The molecule has 5 heteroatoms. The Hall–Kier alpha value is -1.68. The van der Waals surface area contributed by atoms with E-state index in [9.17, 15) is 4.39 Å². The molecule has 0 bridgehead atoms. The van der Waals surface area contributed by atoms with Crippen LogP contribution in [0.4, 0.5) is 10.2 Å². The number of halogens is 2. The summed E-state index contributed by atoms with van der Waals surface area (Å²) in [5, 5.41) is 3.28. The van der Waals surface area contributed by atoms with Crippen molar-refractivity contribution in [2.24, 2.45) is 0 Å². The first kappa shape index (κ1) is 14.7. The third-order valence-corrected chi connectivity index (χ3v) is 3.40. The average Bonchev–Trinajstić information content (AvgIpc) is 2.42. The molecule has 1 aromatic heterocycles. The first-order chi connectivity index (χ1) is 9.58. The van der Waals surface area contributed by atoms with Crippen molar-refractivity contribution >= 4 is 17.4 Å². The second-order valence-electron chi connectivity index (χ2n) is 4.45. The van der Waals surface area contributed by atoms with Crippen molar-refractivity contribution in [2.75, 3.05) is 11.9 Å². The quantitative estimate of drug-likeness (QED) is 0.916. The van der Waals surface area contributed by atoms with E-state index in [-0.39, 0.29) is 5.02 Å². The topological polar surface area (TPSA) is 37.8 Å². The van der Waals surface area contributed by atoms with E-state index in [0.717, 1.165) is 30.0 Å². The molecule has 1 aromatic carbocycles. The van der Waals surface area contributed by atoms with Crippen molar-refractivity contribution < 1.29 is 4.39 Å². The van der Waals surface area contributed by atoms with Crippen LogP contribution in [-0.4, -0.2) is 16.5 Å². The summed E-state index contributed by atoms with van der Waals surface area (Å²) in [5.74, 6) is 0.632. The highest BCUT2D eigenvalue weighted by Gasteiger charge is 2.15. The molecule has 0 amide bonds. The standard InChI is InChI=1S/C15H17ClFN3/c1-4-10-9(3)19-15(20-14(10)18-5-2)11-7-6-8-12(16)13(11)17/h6-8H,4-5H2,1-3H3,(H,18,19,20). The van der Waals surface area contributed by atoms with Gasteiger partial charge in [0.05, 0.1) is 10.6 Å². The number of aryl methyl sites for hydroxylation is 1. The summed E-state index contributed by atoms with van der Waals surface area (Å²) in [6, 6.07) is 4.84. The van der Waals surface area contributed by atoms with Crippen molar-refractivity contribution in [1.82, 2.24) is 9.97 Å². The monoisotopic (exact) mass is 293 g/mol. The summed E-state index contributed by atoms with van der Waals surface area (Å²) in [5.41, 5.74) is 2.23. The van der Waals surface area contributed by atoms with Crippen molar-refractivity contribution in [2.45, 2.75) is 27.2 Å². The van der Waals surface area contributed by atoms with Crippen molar-refractivity contribution in [3.8, 4) is 11.4 Å². The number of hydrogen-bond donors (Lipinski definition) is 1. The van der Waals surface area contributed by atoms with Crippen LogP contribution in [0.3, 0.4) is 0 Å². The molecule has 0 unspecified atom stereocenters. The van der Waals surface area contributed by atoms with Gasteiger partial charge >= 0.3 is 0 Å². The summed E-state index contributed by atoms with van der Waals surface area (Å²) in [6.07, 6.45) is 0.826. The maximum atomic E-state index is 14.1. The van der Waals surface area contributed by atoms with E-state index in [1.165, 1.54) is 6.07 Å². The molecule has 0 fully saturated rings. The third kappa shape index (κ3) is 2.75. The molecule has 3 nitrogen and oxygen atoms in total. The third-order valence-electron chi connectivity index (χ3n) is 3.10. The fraction of sp³-hybridized carbons (Fsp3) is 0.333. The van der Waals surface area contributed by atoms with Gasteiger partial charge in [-0.15, -0.1) is 0 Å². The largest absolute Gasteiger partial charge is 0.370 e. The molecule has 0 radical (unpaired) electrons. The zero-order valence-electron chi connectivity index (χ0n) is 11.8. The smallest absolute Gasteiger partial charge is 0.164 e. The normalized spacial score (nSPS) is 10.7. The second kappa shape index (κ2) is 6.18. The minimum absolute atomic E-state index is 0.0771. The van der Waals surface area contributed by atoms with Crippen LogP contribution in [0.1, 0.15) is 25.1 Å². The molecule has 1 N–H and O–H groups in total. The molecular weight excluding hydrogens is 277 g/mol. The first-order valence-electron chi connectivity index (χ1n) is 6.64. The number of rotatable bonds is 4. The van der Waals surface area contributed by atoms with Crippen LogP contribution >= 0.6 is 11.6 Å². The summed E-state index contributed by atoms with van der Waals surface area (Å²) in [6.45, 7) is 6.71. The Bertz CT molecular complexity index is 629. The van der Waals surface area contributed by atoms with E-state index < -0.39 is 5.82 Å². The van der Waals surface area contributed by atoms with Crippen LogP contribution in [0.15, 0.2) is 18.2 Å². The fourth-order valence-electron chi connectivity index (χ4n) is 2.13. The minimum atomic E-state index is -0.486. The van der Waals surface area contributed by atoms with Gasteiger partial charge in [0.15, 0.2) is 11.6 Å². The maximum absolute atomic E-state index is 14.1. The Kier molecular flexibility index (Phi) is 4.55. The van der Waals surface area contributed by atoms with Gasteiger partial charge < -0.3 is 5.32 Å². The van der Waals surface area contributed by atoms with Crippen LogP contribution in [0.2, 0.25) is 5.02 Å². The van der Waals surface area contributed by atoms with E-state index in [1.54, 1.807) is 12.1 Å². The molecule has 0 saturated carbocycles. The Morgan fingerprint density at radius 1 is 1.25 bits per heavy atom.